The Balaban J connectivity index is 2.91. The molecule has 56 valence electrons. The van der Waals surface area contributed by atoms with Crippen LogP contribution in [0.4, 0.5) is 11.9 Å². The van der Waals surface area contributed by atoms with Crippen molar-refractivity contribution in [1.82, 2.24) is 19.4 Å². The van der Waals surface area contributed by atoms with E-state index in [2.05, 4.69) is 15.0 Å². The van der Waals surface area contributed by atoms with Crippen molar-refractivity contribution in [2.45, 2.75) is 0 Å². The van der Waals surface area contributed by atoms with E-state index in [1.807, 2.05) is 0 Å². The van der Waals surface area contributed by atoms with Crippen LogP contribution in [0.25, 0.3) is 5.65 Å². The van der Waals surface area contributed by atoms with E-state index < -0.39 is 0 Å². The van der Waals surface area contributed by atoms with Crippen LogP contribution in [0.1, 0.15) is 0 Å². The summed E-state index contributed by atoms with van der Waals surface area (Å²) in [6.07, 6.45) is 3.10. The van der Waals surface area contributed by atoms with Crippen molar-refractivity contribution in [2.24, 2.45) is 0 Å². The van der Waals surface area contributed by atoms with Gasteiger partial charge < -0.3 is 11.5 Å². The quantitative estimate of drug-likeness (QED) is 0.517. The highest BCUT2D eigenvalue weighted by molar-refractivity contribution is 5.45. The summed E-state index contributed by atoms with van der Waals surface area (Å²) in [5.41, 5.74) is 11.4. The van der Waals surface area contributed by atoms with Gasteiger partial charge in [-0.15, -0.1) is 0 Å². The average Bonchev–Trinajstić information content (AvgIpc) is 2.34. The van der Waals surface area contributed by atoms with Gasteiger partial charge in [0, 0.05) is 0 Å². The fraction of sp³-hybridized carbons (Fsp3) is 0. The maximum absolute atomic E-state index is 5.49. The number of hydrogen-bond acceptors (Lipinski definition) is 5. The van der Waals surface area contributed by atoms with E-state index in [4.69, 9.17) is 11.5 Å². The van der Waals surface area contributed by atoms with Gasteiger partial charge >= 0.3 is 0 Å². The summed E-state index contributed by atoms with van der Waals surface area (Å²) in [6.45, 7) is 0. The zero-order valence-electron chi connectivity index (χ0n) is 5.60. The largest absolute Gasteiger partial charge is 0.369 e. The molecule has 0 spiro atoms. The van der Waals surface area contributed by atoms with E-state index in [0.717, 1.165) is 0 Å². The molecule has 2 rings (SSSR count). The summed E-state index contributed by atoms with van der Waals surface area (Å²) >= 11 is 0. The Morgan fingerprint density at radius 2 is 2.09 bits per heavy atom. The molecular formula is C5H6N6. The molecule has 0 saturated carbocycles. The van der Waals surface area contributed by atoms with Gasteiger partial charge in [0.2, 0.25) is 11.9 Å². The first-order chi connectivity index (χ1) is 5.27. The molecule has 0 amide bonds. The van der Waals surface area contributed by atoms with Gasteiger partial charge in [-0.3, -0.25) is 4.40 Å². The third-order valence-corrected chi connectivity index (χ3v) is 1.32. The fourth-order valence-corrected chi connectivity index (χ4v) is 0.861. The molecule has 2 aromatic heterocycles. The number of nitrogens with zero attached hydrogens (tertiary/aromatic N) is 4. The van der Waals surface area contributed by atoms with E-state index >= 15 is 0 Å². The predicted molar refractivity (Wildman–Crippen MR) is 39.6 cm³/mol. The molecule has 0 atom stereocenters. The molecule has 2 aromatic rings. The third-order valence-electron chi connectivity index (χ3n) is 1.32. The summed E-state index contributed by atoms with van der Waals surface area (Å²) in [5, 5.41) is 0. The summed E-state index contributed by atoms with van der Waals surface area (Å²) in [5.74, 6) is 0.459. The van der Waals surface area contributed by atoms with Crippen molar-refractivity contribution < 1.29 is 0 Å². The van der Waals surface area contributed by atoms with Crippen molar-refractivity contribution in [2.75, 3.05) is 11.5 Å². The molecule has 0 aliphatic carbocycles. The molecule has 0 fully saturated rings. The molecule has 0 aliphatic rings. The van der Waals surface area contributed by atoms with Crippen LogP contribution < -0.4 is 11.5 Å². The third kappa shape index (κ3) is 0.759. The molecule has 0 aliphatic heterocycles. The Hall–Kier alpha value is -1.85. The van der Waals surface area contributed by atoms with Gasteiger partial charge in [0.05, 0.1) is 6.20 Å². The number of nitrogen functional groups attached to an aromatic ring is 2. The van der Waals surface area contributed by atoms with Crippen LogP contribution in [0.3, 0.4) is 0 Å². The van der Waals surface area contributed by atoms with E-state index in [-0.39, 0.29) is 5.95 Å². The van der Waals surface area contributed by atoms with E-state index in [1.54, 1.807) is 10.6 Å². The zero-order chi connectivity index (χ0) is 7.84. The van der Waals surface area contributed by atoms with Crippen molar-refractivity contribution in [3.63, 3.8) is 0 Å². The van der Waals surface area contributed by atoms with Gasteiger partial charge in [-0.2, -0.15) is 9.97 Å². The van der Waals surface area contributed by atoms with Crippen molar-refractivity contribution in [1.29, 1.82) is 0 Å². The highest BCUT2D eigenvalue weighted by Gasteiger charge is 2.00. The van der Waals surface area contributed by atoms with Gasteiger partial charge in [-0.25, -0.2) is 4.98 Å². The van der Waals surface area contributed by atoms with Gasteiger partial charge in [-0.1, -0.05) is 0 Å². The van der Waals surface area contributed by atoms with Crippen LogP contribution in [0, 0.1) is 0 Å². The predicted octanol–water partition coefficient (Wildman–Crippen LogP) is -0.711. The Morgan fingerprint density at radius 1 is 1.27 bits per heavy atom. The molecule has 0 aromatic carbocycles. The minimum Gasteiger partial charge on any atom is -0.369 e. The minimum atomic E-state index is 0.163. The number of anilines is 2. The van der Waals surface area contributed by atoms with Crippen LogP contribution in [0.2, 0.25) is 0 Å². The first-order valence-electron chi connectivity index (χ1n) is 2.98. The molecular weight excluding hydrogens is 144 g/mol. The normalized spacial score (nSPS) is 10.5. The second-order valence-corrected chi connectivity index (χ2v) is 2.06. The van der Waals surface area contributed by atoms with Gasteiger partial charge in [0.25, 0.3) is 0 Å². The van der Waals surface area contributed by atoms with E-state index in [0.29, 0.717) is 11.6 Å². The van der Waals surface area contributed by atoms with Crippen molar-refractivity contribution >= 4 is 17.5 Å². The van der Waals surface area contributed by atoms with Crippen LogP contribution in [0.15, 0.2) is 12.5 Å². The summed E-state index contributed by atoms with van der Waals surface area (Å²) in [7, 11) is 0. The summed E-state index contributed by atoms with van der Waals surface area (Å²) in [4.78, 5) is 11.5. The van der Waals surface area contributed by atoms with E-state index in [9.17, 15) is 0 Å². The lowest BCUT2D eigenvalue weighted by Crippen LogP contribution is -2.04. The smallest absolute Gasteiger partial charge is 0.225 e. The lowest BCUT2D eigenvalue weighted by Gasteiger charge is -1.97. The number of rotatable bonds is 0. The van der Waals surface area contributed by atoms with Crippen LogP contribution >= 0.6 is 0 Å². The molecule has 0 bridgehead atoms. The molecule has 0 radical (unpaired) electrons. The molecule has 0 unspecified atom stereocenters. The molecule has 0 saturated heterocycles. The highest BCUT2D eigenvalue weighted by Crippen LogP contribution is 2.04. The first-order valence-corrected chi connectivity index (χ1v) is 2.98. The lowest BCUT2D eigenvalue weighted by atomic mass is 10.7. The van der Waals surface area contributed by atoms with Gasteiger partial charge in [0.1, 0.15) is 6.33 Å². The maximum Gasteiger partial charge on any atom is 0.225 e. The Morgan fingerprint density at radius 3 is 2.91 bits per heavy atom. The number of imidazole rings is 1. The number of hydrogen-bond donors (Lipinski definition) is 2. The number of fused-ring (bicyclic) bond motifs is 1. The Labute approximate surface area is 61.9 Å². The maximum atomic E-state index is 5.49. The van der Waals surface area contributed by atoms with Gasteiger partial charge in [0.15, 0.2) is 5.65 Å². The average molecular weight is 150 g/mol. The molecule has 2 heterocycles. The van der Waals surface area contributed by atoms with Crippen molar-refractivity contribution in [3.8, 4) is 0 Å². The van der Waals surface area contributed by atoms with Crippen molar-refractivity contribution in [3.05, 3.63) is 12.5 Å². The second kappa shape index (κ2) is 1.82. The topological polar surface area (TPSA) is 95.1 Å². The molecule has 6 heteroatoms. The van der Waals surface area contributed by atoms with Crippen LogP contribution in [-0.2, 0) is 0 Å². The van der Waals surface area contributed by atoms with Gasteiger partial charge in [-0.05, 0) is 0 Å². The number of aromatic nitrogens is 4. The van der Waals surface area contributed by atoms with E-state index in [1.165, 1.54) is 6.33 Å². The SMILES string of the molecule is Nc1nc(N)n2cncc2n1. The number of nitrogens with two attached hydrogens (primary N) is 2. The monoisotopic (exact) mass is 150 g/mol. The highest BCUT2D eigenvalue weighted by atomic mass is 15.2. The first kappa shape index (κ1) is 5.90. The standard InChI is InChI=1S/C5H6N6/c6-4-9-3-1-8-2-11(3)5(7)10-4/h1-2H,(H4,6,7,9,10). The Kier molecular flexibility index (Phi) is 0.974. The molecule has 6 nitrogen and oxygen atoms in total. The zero-order valence-corrected chi connectivity index (χ0v) is 5.60. The summed E-state index contributed by atoms with van der Waals surface area (Å²) in [6, 6.07) is 0. The van der Waals surface area contributed by atoms with Crippen LogP contribution in [0.5, 0.6) is 0 Å². The molecule has 4 N–H and O–H groups in total. The molecule has 11 heavy (non-hydrogen) atoms. The van der Waals surface area contributed by atoms with Crippen LogP contribution in [-0.4, -0.2) is 19.4 Å². The fourth-order valence-electron chi connectivity index (χ4n) is 0.861. The summed E-state index contributed by atoms with van der Waals surface area (Å²) < 4.78 is 1.55. The second-order valence-electron chi connectivity index (χ2n) is 2.06. The minimum absolute atomic E-state index is 0.163. The lowest BCUT2D eigenvalue weighted by molar-refractivity contribution is 1.04. The Bertz CT molecular complexity index is 391.